The first-order valence-corrected chi connectivity index (χ1v) is 12.2. The van der Waals surface area contributed by atoms with Gasteiger partial charge in [0, 0.05) is 52.4 Å². The van der Waals surface area contributed by atoms with E-state index in [1.54, 1.807) is 17.0 Å². The van der Waals surface area contributed by atoms with Gasteiger partial charge in [0.2, 0.25) is 0 Å². The van der Waals surface area contributed by atoms with E-state index in [9.17, 15) is 14.3 Å². The molecular weight excluding hydrogens is 441 g/mol. The third kappa shape index (κ3) is 8.87. The number of carbonyl (C=O) groups excluding carboxylic acids is 1. The van der Waals surface area contributed by atoms with Crippen LogP contribution in [0.1, 0.15) is 31.1 Å². The lowest BCUT2D eigenvalue weighted by Gasteiger charge is -2.37. The van der Waals surface area contributed by atoms with Crippen molar-refractivity contribution in [3.8, 4) is 0 Å². The summed E-state index contributed by atoms with van der Waals surface area (Å²) in [6, 6.07) is 6.10. The minimum absolute atomic E-state index is 0.0758. The Morgan fingerprint density at radius 2 is 1.91 bits per heavy atom. The summed E-state index contributed by atoms with van der Waals surface area (Å²) in [6.45, 7) is 13.0. The zero-order valence-electron chi connectivity index (χ0n) is 20.7. The van der Waals surface area contributed by atoms with Crippen molar-refractivity contribution in [1.29, 1.82) is 0 Å². The van der Waals surface area contributed by atoms with Crippen molar-refractivity contribution in [2.75, 3.05) is 78.8 Å². The Morgan fingerprint density at radius 3 is 2.62 bits per heavy atom. The second-order valence-electron chi connectivity index (χ2n) is 10.0. The van der Waals surface area contributed by atoms with Gasteiger partial charge in [0.05, 0.1) is 49.8 Å². The van der Waals surface area contributed by atoms with Gasteiger partial charge in [-0.05, 0) is 32.9 Å². The van der Waals surface area contributed by atoms with Gasteiger partial charge < -0.3 is 24.2 Å². The van der Waals surface area contributed by atoms with E-state index in [-0.39, 0.29) is 29.8 Å². The molecule has 2 heterocycles. The summed E-state index contributed by atoms with van der Waals surface area (Å²) >= 11 is 0. The third-order valence-electron chi connectivity index (χ3n) is 6.01. The van der Waals surface area contributed by atoms with Crippen LogP contribution in [-0.4, -0.2) is 122 Å². The zero-order chi connectivity index (χ0) is 24.6. The van der Waals surface area contributed by atoms with Gasteiger partial charge in [-0.25, -0.2) is 4.39 Å². The lowest BCUT2D eigenvalue weighted by molar-refractivity contribution is -0.0783. The number of morpholine rings is 2. The largest absolute Gasteiger partial charge is 0.389 e. The van der Waals surface area contributed by atoms with Gasteiger partial charge in [0.1, 0.15) is 5.82 Å². The average Bonchev–Trinajstić information content (AvgIpc) is 2.81. The van der Waals surface area contributed by atoms with Gasteiger partial charge in [0.25, 0.3) is 5.91 Å². The van der Waals surface area contributed by atoms with Crippen LogP contribution in [0, 0.1) is 5.82 Å². The molecule has 3 rings (SSSR count). The Labute approximate surface area is 202 Å². The van der Waals surface area contributed by atoms with Crippen molar-refractivity contribution in [2.45, 2.75) is 38.6 Å². The van der Waals surface area contributed by atoms with Crippen LogP contribution >= 0.6 is 0 Å². The fraction of sp³-hybridized carbons (Fsp3) is 0.720. The normalized spacial score (nSPS) is 21.4. The molecule has 0 bridgehead atoms. The first-order chi connectivity index (χ1) is 16.2. The summed E-state index contributed by atoms with van der Waals surface area (Å²) in [5.74, 6) is -0.845. The summed E-state index contributed by atoms with van der Waals surface area (Å²) in [7, 11) is 0. The van der Waals surface area contributed by atoms with E-state index in [0.29, 0.717) is 59.1 Å². The van der Waals surface area contributed by atoms with Gasteiger partial charge in [-0.3, -0.25) is 14.6 Å². The highest BCUT2D eigenvalue weighted by molar-refractivity contribution is 5.94. The first kappa shape index (κ1) is 27.0. The molecule has 2 aliphatic rings. The highest BCUT2D eigenvalue weighted by Gasteiger charge is 2.28. The molecule has 2 fully saturated rings. The SMILES string of the molecule is CC(C)(C)OC[C@@H](O)CN1CCO[C@H](CN(CCN2CCOCC2)C(=O)c2ccccc2F)C1. The van der Waals surface area contributed by atoms with Crippen molar-refractivity contribution in [3.05, 3.63) is 35.6 Å². The first-order valence-electron chi connectivity index (χ1n) is 12.2. The number of nitrogens with zero attached hydrogens (tertiary/aromatic N) is 3. The topological polar surface area (TPSA) is 74.7 Å². The number of amides is 1. The molecule has 34 heavy (non-hydrogen) atoms. The summed E-state index contributed by atoms with van der Waals surface area (Å²) in [6.07, 6.45) is -0.819. The lowest BCUT2D eigenvalue weighted by Crippen LogP contribution is -2.52. The van der Waals surface area contributed by atoms with E-state index in [4.69, 9.17) is 14.2 Å². The van der Waals surface area contributed by atoms with Crippen LogP contribution in [0.5, 0.6) is 0 Å². The Kier molecular flexibility index (Phi) is 10.2. The van der Waals surface area contributed by atoms with Crippen LogP contribution < -0.4 is 0 Å². The maximum atomic E-state index is 14.4. The number of benzene rings is 1. The van der Waals surface area contributed by atoms with Gasteiger partial charge in [0.15, 0.2) is 0 Å². The van der Waals surface area contributed by atoms with Crippen LogP contribution in [-0.2, 0) is 14.2 Å². The van der Waals surface area contributed by atoms with Gasteiger partial charge in [-0.1, -0.05) is 12.1 Å². The van der Waals surface area contributed by atoms with Gasteiger partial charge >= 0.3 is 0 Å². The molecule has 0 spiro atoms. The van der Waals surface area contributed by atoms with E-state index in [0.717, 1.165) is 13.1 Å². The van der Waals surface area contributed by atoms with Crippen molar-refractivity contribution in [3.63, 3.8) is 0 Å². The highest BCUT2D eigenvalue weighted by Crippen LogP contribution is 2.15. The fourth-order valence-corrected chi connectivity index (χ4v) is 4.17. The molecule has 1 aromatic rings. The molecule has 0 aromatic heterocycles. The van der Waals surface area contributed by atoms with Crippen molar-refractivity contribution in [1.82, 2.24) is 14.7 Å². The maximum absolute atomic E-state index is 14.4. The molecule has 9 heteroatoms. The number of aliphatic hydroxyl groups excluding tert-OH is 1. The summed E-state index contributed by atoms with van der Waals surface area (Å²) in [5, 5.41) is 10.4. The van der Waals surface area contributed by atoms with Crippen LogP contribution in [0.2, 0.25) is 0 Å². The Hall–Kier alpha value is -1.62. The third-order valence-corrected chi connectivity index (χ3v) is 6.01. The Bertz CT molecular complexity index is 769. The predicted molar refractivity (Wildman–Crippen MR) is 127 cm³/mol. The second kappa shape index (κ2) is 12.9. The number of β-amino-alcohol motifs (C(OH)–C–C–N with tert-alkyl or cyclic N) is 1. The van der Waals surface area contributed by atoms with E-state index in [2.05, 4.69) is 9.80 Å². The molecule has 1 aromatic carbocycles. The summed E-state index contributed by atoms with van der Waals surface area (Å²) in [5.41, 5.74) is -0.227. The number of rotatable bonds is 10. The highest BCUT2D eigenvalue weighted by atomic mass is 19.1. The molecule has 0 radical (unpaired) electrons. The maximum Gasteiger partial charge on any atom is 0.256 e. The number of ether oxygens (including phenoxy) is 3. The Morgan fingerprint density at radius 1 is 1.21 bits per heavy atom. The molecular formula is C25H40FN3O5. The average molecular weight is 482 g/mol. The Balaban J connectivity index is 1.60. The minimum Gasteiger partial charge on any atom is -0.389 e. The molecule has 1 N–H and O–H groups in total. The van der Waals surface area contributed by atoms with E-state index < -0.39 is 11.9 Å². The minimum atomic E-state index is -0.601. The van der Waals surface area contributed by atoms with Gasteiger partial charge in [-0.2, -0.15) is 0 Å². The molecule has 0 saturated carbocycles. The summed E-state index contributed by atoms with van der Waals surface area (Å²) in [4.78, 5) is 19.4. The second-order valence-corrected chi connectivity index (χ2v) is 10.0. The van der Waals surface area contributed by atoms with E-state index in [1.807, 2.05) is 20.8 Å². The molecule has 1 amide bonds. The number of aliphatic hydroxyl groups is 1. The van der Waals surface area contributed by atoms with Crippen molar-refractivity contribution in [2.24, 2.45) is 0 Å². The van der Waals surface area contributed by atoms with Crippen molar-refractivity contribution < 1.29 is 28.5 Å². The van der Waals surface area contributed by atoms with Crippen LogP contribution in [0.25, 0.3) is 0 Å². The lowest BCUT2D eigenvalue weighted by atomic mass is 10.1. The van der Waals surface area contributed by atoms with Crippen LogP contribution in [0.4, 0.5) is 4.39 Å². The molecule has 8 nitrogen and oxygen atoms in total. The zero-order valence-corrected chi connectivity index (χ0v) is 20.7. The summed E-state index contributed by atoms with van der Waals surface area (Å²) < 4.78 is 31.5. The molecule has 0 unspecified atom stereocenters. The van der Waals surface area contributed by atoms with Crippen molar-refractivity contribution >= 4 is 5.91 Å². The fourth-order valence-electron chi connectivity index (χ4n) is 4.17. The quantitative estimate of drug-likeness (QED) is 0.543. The number of hydrogen-bond acceptors (Lipinski definition) is 7. The smallest absolute Gasteiger partial charge is 0.256 e. The number of carbonyl (C=O) groups is 1. The van der Waals surface area contributed by atoms with Crippen LogP contribution in [0.3, 0.4) is 0 Å². The van der Waals surface area contributed by atoms with E-state index in [1.165, 1.54) is 12.1 Å². The van der Waals surface area contributed by atoms with Crippen LogP contribution in [0.15, 0.2) is 24.3 Å². The number of halogens is 1. The van der Waals surface area contributed by atoms with Gasteiger partial charge in [-0.15, -0.1) is 0 Å². The van der Waals surface area contributed by atoms with E-state index >= 15 is 0 Å². The molecule has 2 saturated heterocycles. The molecule has 2 aliphatic heterocycles. The molecule has 192 valence electrons. The number of hydrogen-bond donors (Lipinski definition) is 1. The molecule has 0 aliphatic carbocycles. The monoisotopic (exact) mass is 481 g/mol. The predicted octanol–water partition coefficient (Wildman–Crippen LogP) is 1.48. The standard InChI is InChI=1S/C25H40FN3O5/c1-25(2,3)34-19-20(30)16-28-12-15-33-21(17-28)18-29(9-8-27-10-13-32-14-11-27)24(31)22-6-4-5-7-23(22)26/h4-7,20-21,30H,8-19H2,1-3H3/t20-,21-/m0/s1. The molecule has 2 atom stereocenters.